The normalized spacial score (nSPS) is 12.9. The summed E-state index contributed by atoms with van der Waals surface area (Å²) in [5.41, 5.74) is 0. The molecule has 0 saturated heterocycles. The number of rotatable bonds is 4. The third kappa shape index (κ3) is 2.79. The highest BCUT2D eigenvalue weighted by molar-refractivity contribution is 7.89. The molecule has 3 nitrogen and oxygen atoms in total. The van der Waals surface area contributed by atoms with E-state index < -0.39 is 10.0 Å². The summed E-state index contributed by atoms with van der Waals surface area (Å²) >= 11 is 0. The summed E-state index contributed by atoms with van der Waals surface area (Å²) in [6.45, 7) is 5.69. The van der Waals surface area contributed by atoms with Crippen molar-refractivity contribution in [1.29, 1.82) is 0 Å². The molecule has 0 aliphatic rings. The summed E-state index contributed by atoms with van der Waals surface area (Å²) in [7, 11) is -1.44. The Kier molecular flexibility index (Phi) is 4.03. The summed E-state index contributed by atoms with van der Waals surface area (Å²) in [6, 6.07) is 0. The van der Waals surface area contributed by atoms with Crippen LogP contribution in [0.5, 0.6) is 0 Å². The fourth-order valence-electron chi connectivity index (χ4n) is 0.721. The van der Waals surface area contributed by atoms with Gasteiger partial charge in [-0.2, -0.15) is 0 Å². The van der Waals surface area contributed by atoms with Crippen molar-refractivity contribution >= 4 is 10.0 Å². The predicted molar refractivity (Wildman–Crippen MR) is 46.7 cm³/mol. The van der Waals surface area contributed by atoms with E-state index in [1.54, 1.807) is 20.9 Å². The Hall–Kier alpha value is -0.0900. The van der Waals surface area contributed by atoms with Crippen molar-refractivity contribution in [2.45, 2.75) is 26.0 Å². The molecule has 0 heterocycles. The lowest BCUT2D eigenvalue weighted by molar-refractivity contribution is 0.483. The third-order valence-corrected chi connectivity index (χ3v) is 3.68. The Morgan fingerprint density at radius 3 is 2.18 bits per heavy atom. The second-order valence-electron chi connectivity index (χ2n) is 2.78. The summed E-state index contributed by atoms with van der Waals surface area (Å²) in [4.78, 5) is 0. The number of nitrogens with zero attached hydrogens (tertiary/aromatic N) is 1. The quantitative estimate of drug-likeness (QED) is 0.641. The molecule has 0 unspecified atom stereocenters. The van der Waals surface area contributed by atoms with Gasteiger partial charge in [-0.15, -0.1) is 0 Å². The van der Waals surface area contributed by atoms with Gasteiger partial charge in [0.2, 0.25) is 10.0 Å². The SMILES string of the molecule is C[CH]CN(C)S(=O)(=O)C(C)C. The molecule has 0 spiro atoms. The van der Waals surface area contributed by atoms with Gasteiger partial charge in [-0.25, -0.2) is 12.7 Å². The van der Waals surface area contributed by atoms with E-state index in [1.807, 2.05) is 13.3 Å². The Bertz CT molecular complexity index is 196. The van der Waals surface area contributed by atoms with Crippen LogP contribution in [0.1, 0.15) is 20.8 Å². The van der Waals surface area contributed by atoms with Crippen LogP contribution >= 0.6 is 0 Å². The van der Waals surface area contributed by atoms with Gasteiger partial charge in [0.25, 0.3) is 0 Å². The number of sulfonamides is 1. The second kappa shape index (κ2) is 4.07. The maximum Gasteiger partial charge on any atom is 0.216 e. The van der Waals surface area contributed by atoms with Gasteiger partial charge in [-0.05, 0) is 20.3 Å². The molecule has 0 atom stereocenters. The topological polar surface area (TPSA) is 37.4 Å². The zero-order valence-electron chi connectivity index (χ0n) is 7.53. The standard InChI is InChI=1S/C7H16NO2S/c1-5-6-8(4)11(9,10)7(2)3/h5,7H,6H2,1-4H3. The van der Waals surface area contributed by atoms with Gasteiger partial charge in [-0.3, -0.25) is 0 Å². The van der Waals surface area contributed by atoms with Crippen molar-refractivity contribution in [3.05, 3.63) is 6.42 Å². The van der Waals surface area contributed by atoms with Crippen molar-refractivity contribution < 1.29 is 8.42 Å². The van der Waals surface area contributed by atoms with Gasteiger partial charge in [0.1, 0.15) is 0 Å². The number of hydrogen-bond acceptors (Lipinski definition) is 2. The second-order valence-corrected chi connectivity index (χ2v) is 5.38. The van der Waals surface area contributed by atoms with Gasteiger partial charge in [-0.1, -0.05) is 6.92 Å². The third-order valence-electron chi connectivity index (χ3n) is 1.47. The van der Waals surface area contributed by atoms with Crippen molar-refractivity contribution in [2.75, 3.05) is 13.6 Å². The van der Waals surface area contributed by atoms with E-state index in [2.05, 4.69) is 0 Å². The first-order valence-corrected chi connectivity index (χ1v) is 5.16. The molecule has 11 heavy (non-hydrogen) atoms. The van der Waals surface area contributed by atoms with E-state index in [1.165, 1.54) is 4.31 Å². The van der Waals surface area contributed by atoms with Crippen LogP contribution in [-0.4, -0.2) is 31.6 Å². The first-order valence-electron chi connectivity index (χ1n) is 3.66. The molecule has 0 fully saturated rings. The minimum absolute atomic E-state index is 0.326. The van der Waals surface area contributed by atoms with E-state index in [9.17, 15) is 8.42 Å². The molecule has 0 aromatic heterocycles. The minimum Gasteiger partial charge on any atom is -0.212 e. The van der Waals surface area contributed by atoms with Gasteiger partial charge in [0, 0.05) is 13.6 Å². The molecule has 0 aliphatic carbocycles. The average Bonchev–Trinajstić information content (AvgIpc) is 1.88. The van der Waals surface area contributed by atoms with Gasteiger partial charge >= 0.3 is 0 Å². The summed E-state index contributed by atoms with van der Waals surface area (Å²) in [6.07, 6.45) is 1.82. The van der Waals surface area contributed by atoms with Gasteiger partial charge in [0.15, 0.2) is 0 Å². The first kappa shape index (κ1) is 10.9. The molecule has 67 valence electrons. The Morgan fingerprint density at radius 2 is 1.91 bits per heavy atom. The van der Waals surface area contributed by atoms with E-state index >= 15 is 0 Å². The molecule has 0 N–H and O–H groups in total. The summed E-state index contributed by atoms with van der Waals surface area (Å²) in [5.74, 6) is 0. The molecule has 0 amide bonds. The van der Waals surface area contributed by atoms with Crippen LogP contribution in [0.2, 0.25) is 0 Å². The molecule has 0 saturated carbocycles. The van der Waals surface area contributed by atoms with Crippen molar-refractivity contribution in [2.24, 2.45) is 0 Å². The highest BCUT2D eigenvalue weighted by Gasteiger charge is 2.20. The molecule has 0 rings (SSSR count). The van der Waals surface area contributed by atoms with Crippen LogP contribution in [-0.2, 0) is 10.0 Å². The summed E-state index contributed by atoms with van der Waals surface area (Å²) in [5, 5.41) is -0.326. The maximum absolute atomic E-state index is 11.3. The highest BCUT2D eigenvalue weighted by Crippen LogP contribution is 2.05. The zero-order valence-corrected chi connectivity index (χ0v) is 8.35. The molecular weight excluding hydrogens is 162 g/mol. The van der Waals surface area contributed by atoms with E-state index in [0.29, 0.717) is 6.54 Å². The minimum atomic E-state index is -3.04. The van der Waals surface area contributed by atoms with Gasteiger partial charge in [0.05, 0.1) is 5.25 Å². The van der Waals surface area contributed by atoms with Gasteiger partial charge < -0.3 is 0 Å². The Balaban J connectivity index is 4.32. The molecule has 0 aromatic carbocycles. The maximum atomic E-state index is 11.3. The van der Waals surface area contributed by atoms with Crippen LogP contribution in [0, 0.1) is 6.42 Å². The zero-order chi connectivity index (χ0) is 9.07. The van der Waals surface area contributed by atoms with E-state index in [4.69, 9.17) is 0 Å². The van der Waals surface area contributed by atoms with Crippen LogP contribution < -0.4 is 0 Å². The number of hydrogen-bond donors (Lipinski definition) is 0. The van der Waals surface area contributed by atoms with Crippen molar-refractivity contribution in [3.8, 4) is 0 Å². The van der Waals surface area contributed by atoms with Crippen LogP contribution in [0.3, 0.4) is 0 Å². The molecule has 0 aromatic rings. The molecular formula is C7H16NO2S. The largest absolute Gasteiger partial charge is 0.216 e. The fourth-order valence-corrected chi connectivity index (χ4v) is 1.80. The lowest BCUT2D eigenvalue weighted by Gasteiger charge is -2.18. The first-order chi connectivity index (χ1) is 4.92. The summed E-state index contributed by atoms with van der Waals surface area (Å²) < 4.78 is 24.0. The highest BCUT2D eigenvalue weighted by atomic mass is 32.2. The van der Waals surface area contributed by atoms with Crippen LogP contribution in [0.15, 0.2) is 0 Å². The van der Waals surface area contributed by atoms with Crippen molar-refractivity contribution in [1.82, 2.24) is 4.31 Å². The molecule has 0 aliphatic heterocycles. The smallest absolute Gasteiger partial charge is 0.212 e. The average molecular weight is 178 g/mol. The van der Waals surface area contributed by atoms with Crippen LogP contribution in [0.4, 0.5) is 0 Å². The lowest BCUT2D eigenvalue weighted by atomic mass is 10.5. The van der Waals surface area contributed by atoms with Crippen molar-refractivity contribution in [3.63, 3.8) is 0 Å². The predicted octanol–water partition coefficient (Wildman–Crippen LogP) is 0.881. The molecule has 4 heteroatoms. The van der Waals surface area contributed by atoms with E-state index in [-0.39, 0.29) is 5.25 Å². The fraction of sp³-hybridized carbons (Fsp3) is 0.857. The monoisotopic (exact) mass is 178 g/mol. The molecule has 0 bridgehead atoms. The molecule has 1 radical (unpaired) electrons. The van der Waals surface area contributed by atoms with E-state index in [0.717, 1.165) is 0 Å². The van der Waals surface area contributed by atoms with Crippen LogP contribution in [0.25, 0.3) is 0 Å². The lowest BCUT2D eigenvalue weighted by Crippen LogP contribution is -2.33. The Labute approximate surface area is 69.4 Å². The Morgan fingerprint density at radius 1 is 1.45 bits per heavy atom.